The van der Waals surface area contributed by atoms with Gasteiger partial charge in [-0.1, -0.05) is 32.0 Å². The zero-order valence-corrected chi connectivity index (χ0v) is 20.9. The minimum absolute atomic E-state index is 0.0641. The highest BCUT2D eigenvalue weighted by molar-refractivity contribution is 5.97. The first kappa shape index (κ1) is 25.9. The third-order valence-electron chi connectivity index (χ3n) is 8.90. The third kappa shape index (κ3) is 5.18. The Labute approximate surface area is 206 Å². The number of aliphatic hydroxyl groups is 1. The van der Waals surface area contributed by atoms with E-state index < -0.39 is 24.1 Å². The lowest BCUT2D eigenvalue weighted by Gasteiger charge is -2.52. The van der Waals surface area contributed by atoms with Crippen molar-refractivity contribution in [2.75, 3.05) is 0 Å². The molecular formula is C29H36F3NO2. The number of pyridine rings is 1. The van der Waals surface area contributed by atoms with Crippen molar-refractivity contribution in [2.45, 2.75) is 95.8 Å². The molecule has 0 amide bonds. The molecule has 1 aromatic heterocycles. The zero-order valence-electron chi connectivity index (χ0n) is 20.9. The zero-order chi connectivity index (χ0) is 25.4. The predicted octanol–water partition coefficient (Wildman–Crippen LogP) is 6.92. The van der Waals surface area contributed by atoms with Gasteiger partial charge < -0.3 is 5.11 Å². The van der Waals surface area contributed by atoms with E-state index in [1.54, 1.807) is 13.1 Å². The fraction of sp³-hybridized carbons (Fsp3) is 0.586. The molecule has 2 aromatic rings. The summed E-state index contributed by atoms with van der Waals surface area (Å²) in [6.45, 7) is 5.60. The van der Waals surface area contributed by atoms with Crippen LogP contribution in [0, 0.1) is 18.8 Å². The van der Waals surface area contributed by atoms with Crippen molar-refractivity contribution < 1.29 is 23.1 Å². The predicted molar refractivity (Wildman–Crippen MR) is 130 cm³/mol. The van der Waals surface area contributed by atoms with Gasteiger partial charge in [-0.05, 0) is 97.9 Å². The lowest BCUT2D eigenvalue weighted by molar-refractivity contribution is -0.173. The first-order valence-corrected chi connectivity index (χ1v) is 12.8. The number of halogens is 3. The molecule has 4 rings (SSSR count). The van der Waals surface area contributed by atoms with Crippen LogP contribution >= 0.6 is 0 Å². The molecule has 1 heterocycles. The van der Waals surface area contributed by atoms with Gasteiger partial charge in [0.2, 0.25) is 0 Å². The number of nitrogens with zero attached hydrogens (tertiary/aromatic N) is 1. The van der Waals surface area contributed by atoms with Gasteiger partial charge >= 0.3 is 6.18 Å². The van der Waals surface area contributed by atoms with Gasteiger partial charge in [-0.25, -0.2) is 0 Å². The molecule has 0 spiro atoms. The molecule has 0 radical (unpaired) electrons. The molecule has 0 bridgehead atoms. The number of benzene rings is 1. The summed E-state index contributed by atoms with van der Waals surface area (Å²) in [7, 11) is 0. The second-order valence-electron chi connectivity index (χ2n) is 10.8. The average molecular weight is 488 g/mol. The fourth-order valence-corrected chi connectivity index (χ4v) is 6.72. The van der Waals surface area contributed by atoms with Crippen molar-refractivity contribution in [3.63, 3.8) is 0 Å². The number of carbonyl (C=O) groups excluding carboxylic acids is 1. The summed E-state index contributed by atoms with van der Waals surface area (Å²) in [5.74, 6) is -0.631. The van der Waals surface area contributed by atoms with E-state index in [2.05, 4.69) is 18.0 Å². The van der Waals surface area contributed by atoms with E-state index in [-0.39, 0.29) is 17.1 Å². The van der Waals surface area contributed by atoms with E-state index in [4.69, 9.17) is 0 Å². The van der Waals surface area contributed by atoms with Crippen LogP contribution in [0.25, 0.3) is 0 Å². The summed E-state index contributed by atoms with van der Waals surface area (Å²) in [6, 6.07) is 9.82. The highest BCUT2D eigenvalue weighted by atomic mass is 19.4. The van der Waals surface area contributed by atoms with Crippen molar-refractivity contribution in [1.29, 1.82) is 0 Å². The maximum atomic E-state index is 13.1. The molecule has 2 aliphatic rings. The molecule has 3 nitrogen and oxygen atoms in total. The molecule has 1 aromatic carbocycles. The Hall–Kier alpha value is -2.21. The van der Waals surface area contributed by atoms with E-state index in [1.165, 1.54) is 11.1 Å². The summed E-state index contributed by atoms with van der Waals surface area (Å²) in [4.78, 5) is 17.4. The Bertz CT molecular complexity index is 1080. The quantitative estimate of drug-likeness (QED) is 0.450. The summed E-state index contributed by atoms with van der Waals surface area (Å²) in [5.41, 5.74) is 3.43. The Morgan fingerprint density at radius 1 is 1.26 bits per heavy atom. The van der Waals surface area contributed by atoms with Crippen LogP contribution in [0.1, 0.15) is 91.5 Å². The van der Waals surface area contributed by atoms with Crippen LogP contribution < -0.4 is 0 Å². The van der Waals surface area contributed by atoms with E-state index >= 15 is 0 Å². The molecule has 35 heavy (non-hydrogen) atoms. The molecule has 1 saturated carbocycles. The molecule has 0 aliphatic heterocycles. The molecule has 1 N–H and O–H groups in total. The smallest absolute Gasteiger partial charge is 0.389 e. The normalized spacial score (nSPS) is 27.5. The SMILES string of the molecule is CC[C@@]12CC[C@](O)(C(C)CC(F)(F)F)C[C@@H]1CCCc1cc(C(=O)Cc3cccnc3C)ccc12. The number of rotatable bonds is 6. The van der Waals surface area contributed by atoms with Crippen molar-refractivity contribution in [1.82, 2.24) is 4.98 Å². The highest BCUT2D eigenvalue weighted by Gasteiger charge is 2.52. The monoisotopic (exact) mass is 487 g/mol. The Kier molecular flexibility index (Phi) is 7.16. The summed E-state index contributed by atoms with van der Waals surface area (Å²) < 4.78 is 39.3. The van der Waals surface area contributed by atoms with Crippen LogP contribution in [0.4, 0.5) is 13.2 Å². The standard InChI is InChI=1S/C29H36F3NO2/c1-4-27-12-13-28(35,19(2)17-29(30,31)32)18-24(27)9-5-7-22-15-23(10-11-25(22)27)26(34)16-21-8-6-14-33-20(21)3/h6,8,10-11,14-15,19,24,35H,4-5,7,9,12-13,16-18H2,1-3H3/t19?,24-,27+,28+/m0/s1. The number of hydrogen-bond acceptors (Lipinski definition) is 3. The largest absolute Gasteiger partial charge is 0.390 e. The summed E-state index contributed by atoms with van der Waals surface area (Å²) in [5, 5.41) is 11.3. The summed E-state index contributed by atoms with van der Waals surface area (Å²) in [6.07, 6.45) is 1.74. The fourth-order valence-electron chi connectivity index (χ4n) is 6.72. The van der Waals surface area contributed by atoms with Gasteiger partial charge in [-0.3, -0.25) is 9.78 Å². The van der Waals surface area contributed by atoms with E-state index in [9.17, 15) is 23.1 Å². The Balaban J connectivity index is 1.60. The van der Waals surface area contributed by atoms with Gasteiger partial charge in [0, 0.05) is 30.3 Å². The summed E-state index contributed by atoms with van der Waals surface area (Å²) >= 11 is 0. The van der Waals surface area contributed by atoms with Crippen LogP contribution in [0.5, 0.6) is 0 Å². The first-order chi connectivity index (χ1) is 16.5. The number of hydrogen-bond donors (Lipinski definition) is 1. The van der Waals surface area contributed by atoms with E-state index in [1.807, 2.05) is 31.2 Å². The molecule has 4 atom stereocenters. The number of carbonyl (C=O) groups is 1. The molecule has 1 fully saturated rings. The number of fused-ring (bicyclic) bond motifs is 3. The van der Waals surface area contributed by atoms with Crippen LogP contribution in [0.3, 0.4) is 0 Å². The van der Waals surface area contributed by atoms with Crippen molar-refractivity contribution in [2.24, 2.45) is 11.8 Å². The number of aromatic nitrogens is 1. The minimum Gasteiger partial charge on any atom is -0.390 e. The van der Waals surface area contributed by atoms with Gasteiger partial charge in [0.1, 0.15) is 0 Å². The molecule has 0 saturated heterocycles. The lowest BCUT2D eigenvalue weighted by atomic mass is 9.55. The minimum atomic E-state index is -4.28. The van der Waals surface area contributed by atoms with Crippen molar-refractivity contribution >= 4 is 5.78 Å². The van der Waals surface area contributed by atoms with Gasteiger partial charge in [0.25, 0.3) is 0 Å². The second-order valence-corrected chi connectivity index (χ2v) is 10.8. The van der Waals surface area contributed by atoms with Crippen LogP contribution in [-0.2, 0) is 18.3 Å². The topological polar surface area (TPSA) is 50.2 Å². The van der Waals surface area contributed by atoms with Gasteiger partial charge in [0.15, 0.2) is 5.78 Å². The Morgan fingerprint density at radius 2 is 2.03 bits per heavy atom. The maximum absolute atomic E-state index is 13.1. The number of Topliss-reactive ketones (excluding diaryl/α,β-unsaturated/α-hetero) is 1. The molecule has 1 unspecified atom stereocenters. The second kappa shape index (κ2) is 9.68. The number of ketones is 1. The van der Waals surface area contributed by atoms with Gasteiger partial charge in [-0.15, -0.1) is 0 Å². The van der Waals surface area contributed by atoms with E-state index in [0.717, 1.165) is 36.9 Å². The molecule has 190 valence electrons. The maximum Gasteiger partial charge on any atom is 0.389 e. The van der Waals surface area contributed by atoms with Crippen LogP contribution in [0.2, 0.25) is 0 Å². The molecule has 2 aliphatic carbocycles. The Morgan fingerprint density at radius 3 is 2.71 bits per heavy atom. The molecular weight excluding hydrogens is 451 g/mol. The third-order valence-corrected chi connectivity index (χ3v) is 8.90. The van der Waals surface area contributed by atoms with E-state index in [0.29, 0.717) is 31.2 Å². The highest BCUT2D eigenvalue weighted by Crippen LogP contribution is 2.55. The van der Waals surface area contributed by atoms with Crippen LogP contribution in [-0.4, -0.2) is 27.7 Å². The lowest BCUT2D eigenvalue weighted by Crippen LogP contribution is -2.51. The van der Waals surface area contributed by atoms with Crippen LogP contribution in [0.15, 0.2) is 36.5 Å². The number of aryl methyl sites for hydroxylation is 2. The first-order valence-electron chi connectivity index (χ1n) is 12.8. The average Bonchev–Trinajstić information content (AvgIpc) is 2.95. The van der Waals surface area contributed by atoms with Gasteiger partial charge in [0.05, 0.1) is 5.60 Å². The number of alkyl halides is 3. The van der Waals surface area contributed by atoms with Crippen molar-refractivity contribution in [3.8, 4) is 0 Å². The van der Waals surface area contributed by atoms with Crippen molar-refractivity contribution in [3.05, 3.63) is 64.5 Å². The molecule has 6 heteroatoms. The van der Waals surface area contributed by atoms with Gasteiger partial charge in [-0.2, -0.15) is 13.2 Å².